The van der Waals surface area contributed by atoms with E-state index in [4.69, 9.17) is 43.2 Å². The Bertz CT molecular complexity index is 2270. The lowest BCUT2D eigenvalue weighted by Gasteiger charge is -2.25. The summed E-state index contributed by atoms with van der Waals surface area (Å²) in [7, 11) is 0.119. The highest BCUT2D eigenvalue weighted by Crippen LogP contribution is 2.49. The van der Waals surface area contributed by atoms with E-state index in [-0.39, 0.29) is 12.8 Å². The number of carbonyl (C=O) groups excluding carboxylic acids is 1. The van der Waals surface area contributed by atoms with Crippen molar-refractivity contribution in [1.82, 2.24) is 34.4 Å². The van der Waals surface area contributed by atoms with Crippen LogP contribution in [-0.4, -0.2) is 167 Å². The third-order valence-electron chi connectivity index (χ3n) is 11.0. The molecule has 9 atom stereocenters. The summed E-state index contributed by atoms with van der Waals surface area (Å²) in [5.41, 5.74) is 7.13. The van der Waals surface area contributed by atoms with Crippen LogP contribution >= 0.6 is 7.82 Å². The van der Waals surface area contributed by atoms with Crippen molar-refractivity contribution in [3.8, 4) is 5.75 Å². The van der Waals surface area contributed by atoms with Gasteiger partial charge in [-0.1, -0.05) is 25.5 Å². The normalized spacial score (nSPS) is 23.0. The first kappa shape index (κ1) is 51.7. The van der Waals surface area contributed by atoms with Gasteiger partial charge in [0.05, 0.1) is 65.2 Å². The number of anilines is 2. The number of nitrogens with one attached hydrogen (secondary N) is 2. The molecule has 1 amide bonds. The first-order valence-electron chi connectivity index (χ1n) is 22.2. The van der Waals surface area contributed by atoms with Gasteiger partial charge in [-0.15, -0.1) is 0 Å². The SMILES string of the molecule is CCCCOCCOCCOCCCNc1ccn([C@H]2C[C@@H](OP(=O)(O)OC[C@H]3O[C@@H](n4cnc5c(N(C)C)ncnc54)C(O)[C@H]3NC(=O)C(N)Cc3ccc(OC)cc3)[C@@H](CO)O2)c(=O)n1. The summed E-state index contributed by atoms with van der Waals surface area (Å²) < 4.78 is 61.0. The lowest BCUT2D eigenvalue weighted by molar-refractivity contribution is -0.124. The number of hydrogen-bond acceptors (Lipinski definition) is 20. The molecule has 3 unspecified atom stereocenters. The number of imidazole rings is 1. The molecule has 7 N–H and O–H groups in total. The Morgan fingerprint density at radius 1 is 1.00 bits per heavy atom. The summed E-state index contributed by atoms with van der Waals surface area (Å²) in [4.78, 5) is 56.5. The summed E-state index contributed by atoms with van der Waals surface area (Å²) in [6.45, 7) is 4.51. The number of unbranched alkanes of at least 4 members (excludes halogenated alkanes) is 1. The first-order valence-corrected chi connectivity index (χ1v) is 23.7. The molecule has 2 fully saturated rings. The van der Waals surface area contributed by atoms with E-state index in [1.807, 2.05) is 0 Å². The molecule has 24 nitrogen and oxygen atoms in total. The third kappa shape index (κ3) is 14.2. The van der Waals surface area contributed by atoms with E-state index in [1.54, 1.807) is 49.3 Å². The first-order chi connectivity index (χ1) is 32.3. The van der Waals surface area contributed by atoms with Crippen LogP contribution in [0.3, 0.4) is 0 Å². The number of aromatic nitrogens is 6. The Hall–Kier alpha value is -4.69. The van der Waals surface area contributed by atoms with Crippen molar-refractivity contribution in [2.75, 3.05) is 90.8 Å². The van der Waals surface area contributed by atoms with Gasteiger partial charge in [0.15, 0.2) is 23.2 Å². The van der Waals surface area contributed by atoms with Crippen LogP contribution in [0, 0.1) is 0 Å². The molecule has 5 heterocycles. The minimum absolute atomic E-state index is 0.129. The predicted octanol–water partition coefficient (Wildman–Crippen LogP) is 0.905. The van der Waals surface area contributed by atoms with Gasteiger partial charge in [0.1, 0.15) is 48.5 Å². The van der Waals surface area contributed by atoms with E-state index in [2.05, 4.69) is 37.5 Å². The van der Waals surface area contributed by atoms with Crippen molar-refractivity contribution >= 4 is 36.5 Å². The Kier molecular flexibility index (Phi) is 19.3. The fourth-order valence-electron chi connectivity index (χ4n) is 7.45. The number of ether oxygens (including phenoxy) is 6. The van der Waals surface area contributed by atoms with E-state index in [9.17, 15) is 29.3 Å². The highest BCUT2D eigenvalue weighted by Gasteiger charge is 2.48. The Balaban J connectivity index is 1.04. The molecule has 4 aromatic rings. The summed E-state index contributed by atoms with van der Waals surface area (Å²) in [5.74, 6) is 0.824. The average Bonchev–Trinajstić information content (AvgIpc) is 4.01. The molecule has 370 valence electrons. The number of carbonyl (C=O) groups is 1. The molecule has 0 saturated carbocycles. The number of fused-ring (bicyclic) bond motifs is 1. The van der Waals surface area contributed by atoms with Crippen molar-refractivity contribution in [2.45, 2.75) is 88.0 Å². The van der Waals surface area contributed by atoms with Crippen LogP contribution in [0.4, 0.5) is 11.6 Å². The van der Waals surface area contributed by atoms with E-state index < -0.39 is 81.6 Å². The molecule has 0 bridgehead atoms. The van der Waals surface area contributed by atoms with E-state index in [0.717, 1.165) is 25.0 Å². The van der Waals surface area contributed by atoms with E-state index >= 15 is 0 Å². The summed E-state index contributed by atoms with van der Waals surface area (Å²) in [6, 6.07) is 6.31. The number of nitrogens with two attached hydrogens (primary N) is 1. The smallest absolute Gasteiger partial charge is 0.472 e. The number of phosphoric ester groups is 1. The zero-order valence-corrected chi connectivity index (χ0v) is 39.0. The minimum Gasteiger partial charge on any atom is -0.497 e. The standard InChI is InChI=1S/C42H63N10O14P/c1-5-6-15-60-17-19-62-20-18-61-16-7-13-44-33-12-14-51(42(56)48-33)34-22-30(31(23-53)64-34)66-67(57,58)63-24-32-35(49-40(55)29(43)21-27-8-10-28(59-4)11-9-27)37(54)41(65-32)52-26-47-36-38(50(2)3)45-25-46-39(36)52/h8-12,14,25-26,29-32,34-35,37,41,53-54H,5-7,13,15-24,43H2,1-4H3,(H,49,55)(H,57,58)(H,44,48,56)/t29?,30-,31-,32-,34-,35+,37?,41-/m1/s1. The molecule has 3 aromatic heterocycles. The molecule has 67 heavy (non-hydrogen) atoms. The molecule has 0 aliphatic carbocycles. The van der Waals surface area contributed by atoms with Crippen LogP contribution in [-0.2, 0) is 48.5 Å². The van der Waals surface area contributed by atoms with Gasteiger partial charge in [-0.3, -0.25) is 23.0 Å². The number of rotatable bonds is 28. The van der Waals surface area contributed by atoms with Crippen molar-refractivity contribution < 1.29 is 61.9 Å². The molecule has 2 aliphatic heterocycles. The quantitative estimate of drug-likeness (QED) is 0.0340. The van der Waals surface area contributed by atoms with Crippen molar-refractivity contribution in [1.29, 1.82) is 0 Å². The number of aliphatic hydroxyl groups is 2. The van der Waals surface area contributed by atoms with Gasteiger partial charge >= 0.3 is 13.5 Å². The Labute approximate surface area is 387 Å². The van der Waals surface area contributed by atoms with Gasteiger partial charge in [-0.25, -0.2) is 24.3 Å². The van der Waals surface area contributed by atoms with Crippen LogP contribution in [0.5, 0.6) is 5.75 Å². The maximum atomic E-state index is 13.6. The Morgan fingerprint density at radius 3 is 2.39 bits per heavy atom. The van der Waals surface area contributed by atoms with Gasteiger partial charge in [-0.2, -0.15) is 4.98 Å². The van der Waals surface area contributed by atoms with Crippen LogP contribution in [0.15, 0.2) is 54.0 Å². The zero-order chi connectivity index (χ0) is 47.9. The summed E-state index contributed by atoms with van der Waals surface area (Å²) in [5, 5.41) is 27.7. The van der Waals surface area contributed by atoms with Gasteiger partial charge < -0.3 is 64.8 Å². The second kappa shape index (κ2) is 25.1. The molecule has 0 radical (unpaired) electrons. The molecule has 1 aromatic carbocycles. The fraction of sp³-hybridized carbons (Fsp3) is 0.619. The van der Waals surface area contributed by atoms with Gasteiger partial charge in [0, 0.05) is 46.5 Å². The molecule has 2 saturated heterocycles. The maximum absolute atomic E-state index is 13.6. The van der Waals surface area contributed by atoms with Crippen LogP contribution < -0.4 is 31.7 Å². The van der Waals surface area contributed by atoms with Crippen LogP contribution in [0.1, 0.15) is 50.6 Å². The van der Waals surface area contributed by atoms with Gasteiger partial charge in [0.2, 0.25) is 5.91 Å². The van der Waals surface area contributed by atoms with Crippen LogP contribution in [0.25, 0.3) is 11.2 Å². The third-order valence-corrected chi connectivity index (χ3v) is 12.0. The van der Waals surface area contributed by atoms with E-state index in [0.29, 0.717) is 74.5 Å². The average molecular weight is 963 g/mol. The topological polar surface area (TPSA) is 300 Å². The predicted molar refractivity (Wildman–Crippen MR) is 241 cm³/mol. The molecular weight excluding hydrogens is 899 g/mol. The van der Waals surface area contributed by atoms with Gasteiger partial charge in [0.25, 0.3) is 0 Å². The number of nitrogens with zero attached hydrogens (tertiary/aromatic N) is 7. The lowest BCUT2D eigenvalue weighted by atomic mass is 10.0. The number of phosphoric acid groups is 1. The highest BCUT2D eigenvalue weighted by atomic mass is 31.2. The minimum atomic E-state index is -4.99. The molecule has 0 spiro atoms. The molecule has 25 heteroatoms. The highest BCUT2D eigenvalue weighted by molar-refractivity contribution is 7.47. The summed E-state index contributed by atoms with van der Waals surface area (Å²) in [6.07, 6.45) is -0.291. The second-order valence-corrected chi connectivity index (χ2v) is 17.5. The molecule has 6 rings (SSSR count). The van der Waals surface area contributed by atoms with E-state index in [1.165, 1.54) is 35.1 Å². The molecule has 2 aliphatic rings. The molecular formula is C42H63N10O14P. The van der Waals surface area contributed by atoms with Crippen molar-refractivity contribution in [2.24, 2.45) is 5.73 Å². The Morgan fingerprint density at radius 2 is 1.72 bits per heavy atom. The maximum Gasteiger partial charge on any atom is 0.472 e. The largest absolute Gasteiger partial charge is 0.497 e. The number of methoxy groups -OCH3 is 1. The number of benzene rings is 1. The number of amides is 1. The number of hydrogen-bond donors (Lipinski definition) is 6. The monoisotopic (exact) mass is 962 g/mol. The summed E-state index contributed by atoms with van der Waals surface area (Å²) >= 11 is 0. The van der Waals surface area contributed by atoms with Crippen molar-refractivity contribution in [3.05, 3.63) is 65.2 Å². The fourth-order valence-corrected chi connectivity index (χ4v) is 8.41. The van der Waals surface area contributed by atoms with Crippen molar-refractivity contribution in [3.63, 3.8) is 0 Å². The lowest BCUT2D eigenvalue weighted by Crippen LogP contribution is -2.53. The van der Waals surface area contributed by atoms with Gasteiger partial charge in [-0.05, 0) is 43.0 Å². The second-order valence-electron chi connectivity index (χ2n) is 16.1. The zero-order valence-electron chi connectivity index (χ0n) is 38.1. The number of aliphatic hydroxyl groups excluding tert-OH is 2. The van der Waals surface area contributed by atoms with Crippen LogP contribution in [0.2, 0.25) is 0 Å².